The minimum Gasteiger partial charge on any atom is -0.466 e. The van der Waals surface area contributed by atoms with Crippen LogP contribution in [0.4, 0.5) is 0 Å². The van der Waals surface area contributed by atoms with Crippen LogP contribution in [0, 0.1) is 0 Å². The molecule has 0 spiro atoms. The van der Waals surface area contributed by atoms with Crippen LogP contribution in [0.15, 0.2) is 0 Å². The van der Waals surface area contributed by atoms with Gasteiger partial charge < -0.3 is 14.6 Å². The Kier molecular flexibility index (Phi) is 9.62. The van der Waals surface area contributed by atoms with E-state index in [9.17, 15) is 19.5 Å². The van der Waals surface area contributed by atoms with E-state index in [0.29, 0.717) is 12.8 Å². The summed E-state index contributed by atoms with van der Waals surface area (Å²) in [7, 11) is 0. The molecule has 0 aliphatic carbocycles. The SMILES string of the molecule is CCCCOC(=O)CC(O)(CC(C)=O)C(=O)OCCCC. The second-order valence-electron chi connectivity index (χ2n) is 5.15. The predicted octanol–water partition coefficient (Wildman–Crippen LogP) is 1.77. The zero-order valence-electron chi connectivity index (χ0n) is 13.1. The molecule has 1 N–H and O–H groups in total. The molecule has 0 aromatic heterocycles. The maximum Gasteiger partial charge on any atom is 0.339 e. The Bertz CT molecular complexity index is 352. The van der Waals surface area contributed by atoms with Crippen molar-refractivity contribution in [3.63, 3.8) is 0 Å². The summed E-state index contributed by atoms with van der Waals surface area (Å²) in [6.07, 6.45) is 2.03. The summed E-state index contributed by atoms with van der Waals surface area (Å²) in [5, 5.41) is 10.3. The Balaban J connectivity index is 4.62. The number of aliphatic hydroxyl groups is 1. The molecule has 0 saturated carbocycles. The van der Waals surface area contributed by atoms with Crippen LogP contribution in [0.2, 0.25) is 0 Å². The van der Waals surface area contributed by atoms with Gasteiger partial charge in [0.15, 0.2) is 5.60 Å². The van der Waals surface area contributed by atoms with Gasteiger partial charge in [0.2, 0.25) is 0 Å². The molecular weight excluding hydrogens is 276 g/mol. The highest BCUT2D eigenvalue weighted by molar-refractivity contribution is 5.91. The third kappa shape index (κ3) is 8.45. The third-order valence-electron chi connectivity index (χ3n) is 2.85. The number of ketones is 1. The molecule has 0 rings (SSSR count). The standard InChI is InChI=1S/C15H26O6/c1-4-6-8-20-13(17)11-15(19,10-12(3)16)14(18)21-9-7-5-2/h19H,4-11H2,1-3H3. The van der Waals surface area contributed by atoms with Gasteiger partial charge in [0.05, 0.1) is 19.6 Å². The third-order valence-corrected chi connectivity index (χ3v) is 2.85. The molecule has 21 heavy (non-hydrogen) atoms. The van der Waals surface area contributed by atoms with Crippen LogP contribution < -0.4 is 0 Å². The molecule has 0 aliphatic heterocycles. The number of rotatable bonds is 11. The van der Waals surface area contributed by atoms with Gasteiger partial charge in [-0.25, -0.2) is 4.79 Å². The van der Waals surface area contributed by atoms with E-state index in [1.54, 1.807) is 0 Å². The van der Waals surface area contributed by atoms with E-state index in [0.717, 1.165) is 12.8 Å². The molecule has 0 radical (unpaired) electrons. The van der Waals surface area contributed by atoms with E-state index < -0.39 is 36.2 Å². The van der Waals surface area contributed by atoms with Gasteiger partial charge in [-0.1, -0.05) is 26.7 Å². The molecule has 122 valence electrons. The maximum atomic E-state index is 11.9. The highest BCUT2D eigenvalue weighted by Gasteiger charge is 2.41. The van der Waals surface area contributed by atoms with Crippen molar-refractivity contribution in [3.05, 3.63) is 0 Å². The van der Waals surface area contributed by atoms with Crippen molar-refractivity contribution < 1.29 is 29.0 Å². The monoisotopic (exact) mass is 302 g/mol. The fraction of sp³-hybridized carbons (Fsp3) is 0.800. The zero-order valence-corrected chi connectivity index (χ0v) is 13.1. The fourth-order valence-electron chi connectivity index (χ4n) is 1.68. The Morgan fingerprint density at radius 1 is 0.952 bits per heavy atom. The van der Waals surface area contributed by atoms with E-state index in [4.69, 9.17) is 9.47 Å². The highest BCUT2D eigenvalue weighted by Crippen LogP contribution is 2.19. The van der Waals surface area contributed by atoms with Gasteiger partial charge in [-0.05, 0) is 19.8 Å². The largest absolute Gasteiger partial charge is 0.466 e. The lowest BCUT2D eigenvalue weighted by Gasteiger charge is -2.24. The normalized spacial score (nSPS) is 13.3. The van der Waals surface area contributed by atoms with Gasteiger partial charge in [0.25, 0.3) is 0 Å². The van der Waals surface area contributed by atoms with Crippen LogP contribution in [-0.4, -0.2) is 41.6 Å². The van der Waals surface area contributed by atoms with Gasteiger partial charge in [0, 0.05) is 6.42 Å². The lowest BCUT2D eigenvalue weighted by atomic mass is 9.93. The van der Waals surface area contributed by atoms with E-state index in [-0.39, 0.29) is 13.2 Å². The molecule has 1 unspecified atom stereocenters. The first kappa shape index (κ1) is 19.6. The van der Waals surface area contributed by atoms with Crippen molar-refractivity contribution in [1.29, 1.82) is 0 Å². The molecule has 0 saturated heterocycles. The number of hydrogen-bond acceptors (Lipinski definition) is 6. The molecule has 0 amide bonds. The van der Waals surface area contributed by atoms with Crippen molar-refractivity contribution in [3.8, 4) is 0 Å². The number of carbonyl (C=O) groups is 3. The van der Waals surface area contributed by atoms with Gasteiger partial charge >= 0.3 is 11.9 Å². The van der Waals surface area contributed by atoms with Crippen molar-refractivity contribution in [2.24, 2.45) is 0 Å². The van der Waals surface area contributed by atoms with Crippen LogP contribution in [-0.2, 0) is 23.9 Å². The molecule has 0 fully saturated rings. The Labute approximate surface area is 125 Å². The average Bonchev–Trinajstić information content (AvgIpc) is 2.38. The lowest BCUT2D eigenvalue weighted by molar-refractivity contribution is -0.174. The van der Waals surface area contributed by atoms with Crippen molar-refractivity contribution >= 4 is 17.7 Å². The van der Waals surface area contributed by atoms with Crippen molar-refractivity contribution in [1.82, 2.24) is 0 Å². The van der Waals surface area contributed by atoms with Crippen LogP contribution in [0.3, 0.4) is 0 Å². The van der Waals surface area contributed by atoms with E-state index in [1.165, 1.54) is 6.92 Å². The first-order chi connectivity index (χ1) is 9.85. The molecule has 0 bridgehead atoms. The zero-order chi connectivity index (χ0) is 16.3. The average molecular weight is 302 g/mol. The Morgan fingerprint density at radius 2 is 1.48 bits per heavy atom. The summed E-state index contributed by atoms with van der Waals surface area (Å²) in [6.45, 7) is 5.51. The maximum absolute atomic E-state index is 11.9. The number of ether oxygens (including phenoxy) is 2. The smallest absolute Gasteiger partial charge is 0.339 e. The fourth-order valence-corrected chi connectivity index (χ4v) is 1.68. The van der Waals surface area contributed by atoms with Crippen LogP contribution in [0.1, 0.15) is 59.3 Å². The molecule has 0 aromatic rings. The minimum atomic E-state index is -2.14. The molecule has 0 aromatic carbocycles. The topological polar surface area (TPSA) is 89.9 Å². The second kappa shape index (κ2) is 10.3. The van der Waals surface area contributed by atoms with Crippen molar-refractivity contribution in [2.75, 3.05) is 13.2 Å². The predicted molar refractivity (Wildman–Crippen MR) is 76.6 cm³/mol. The van der Waals surface area contributed by atoms with Gasteiger partial charge in [0.1, 0.15) is 5.78 Å². The van der Waals surface area contributed by atoms with Crippen LogP contribution in [0.5, 0.6) is 0 Å². The number of unbranched alkanes of at least 4 members (excludes halogenated alkanes) is 2. The quantitative estimate of drug-likeness (QED) is 0.462. The number of esters is 2. The first-order valence-corrected chi connectivity index (χ1v) is 7.40. The van der Waals surface area contributed by atoms with Crippen LogP contribution in [0.25, 0.3) is 0 Å². The minimum absolute atomic E-state index is 0.153. The molecule has 0 aliphatic rings. The van der Waals surface area contributed by atoms with E-state index >= 15 is 0 Å². The molecule has 1 atom stereocenters. The summed E-state index contributed by atoms with van der Waals surface area (Å²) in [5.41, 5.74) is -2.14. The molecule has 0 heterocycles. The lowest BCUT2D eigenvalue weighted by Crippen LogP contribution is -2.44. The Hall–Kier alpha value is -1.43. The highest BCUT2D eigenvalue weighted by atomic mass is 16.6. The van der Waals surface area contributed by atoms with Crippen molar-refractivity contribution in [2.45, 2.75) is 64.9 Å². The summed E-state index contributed by atoms with van der Waals surface area (Å²) in [5.74, 6) is -2.05. The summed E-state index contributed by atoms with van der Waals surface area (Å²) < 4.78 is 9.84. The second-order valence-corrected chi connectivity index (χ2v) is 5.15. The number of Topliss-reactive ketones (excluding diaryl/α,β-unsaturated/α-hetero) is 1. The van der Waals surface area contributed by atoms with Gasteiger partial charge in [-0.3, -0.25) is 9.59 Å². The number of carbonyl (C=O) groups excluding carboxylic acids is 3. The van der Waals surface area contributed by atoms with E-state index in [1.807, 2.05) is 13.8 Å². The van der Waals surface area contributed by atoms with Gasteiger partial charge in [-0.2, -0.15) is 0 Å². The molecule has 6 heteroatoms. The van der Waals surface area contributed by atoms with E-state index in [2.05, 4.69) is 0 Å². The Morgan fingerprint density at radius 3 is 1.95 bits per heavy atom. The van der Waals surface area contributed by atoms with Crippen LogP contribution >= 0.6 is 0 Å². The first-order valence-electron chi connectivity index (χ1n) is 7.40. The summed E-state index contributed by atoms with van der Waals surface area (Å²) >= 11 is 0. The van der Waals surface area contributed by atoms with Gasteiger partial charge in [-0.15, -0.1) is 0 Å². The summed E-state index contributed by atoms with van der Waals surface area (Å²) in [4.78, 5) is 34.8. The molecular formula is C15H26O6. The molecule has 6 nitrogen and oxygen atoms in total. The number of hydrogen-bond donors (Lipinski definition) is 1. The summed E-state index contributed by atoms with van der Waals surface area (Å²) in [6, 6.07) is 0.